The number of nitrogens with zero attached hydrogens (tertiary/aromatic N) is 4. The molecular formula is C22H23FN6O4S. The van der Waals surface area contributed by atoms with E-state index in [1.54, 1.807) is 12.3 Å². The van der Waals surface area contributed by atoms with E-state index in [4.69, 9.17) is 15.2 Å². The molecule has 10 nitrogen and oxygen atoms in total. The highest BCUT2D eigenvalue weighted by atomic mass is 32.2. The Bertz CT molecular complexity index is 1440. The molecule has 0 saturated carbocycles. The van der Waals surface area contributed by atoms with E-state index in [0.717, 1.165) is 0 Å². The van der Waals surface area contributed by atoms with Crippen molar-refractivity contribution in [2.24, 2.45) is 10.7 Å². The third kappa shape index (κ3) is 3.12. The minimum absolute atomic E-state index is 0.0769. The van der Waals surface area contributed by atoms with Crippen molar-refractivity contribution in [3.63, 3.8) is 0 Å². The number of anilines is 2. The van der Waals surface area contributed by atoms with E-state index < -0.39 is 31.2 Å². The first-order valence-corrected chi connectivity index (χ1v) is 12.0. The van der Waals surface area contributed by atoms with Crippen LogP contribution in [0.5, 0.6) is 5.88 Å². The fourth-order valence-corrected chi connectivity index (χ4v) is 6.44. The van der Waals surface area contributed by atoms with E-state index in [2.05, 4.69) is 25.3 Å². The number of aromatic nitrogens is 3. The molecule has 0 bridgehead atoms. The number of ether oxygens (including phenoxy) is 2. The van der Waals surface area contributed by atoms with E-state index in [-0.39, 0.29) is 24.6 Å². The fourth-order valence-electron chi connectivity index (χ4n) is 4.36. The molecule has 5 rings (SSSR count). The van der Waals surface area contributed by atoms with Gasteiger partial charge in [0.15, 0.2) is 15.7 Å². The van der Waals surface area contributed by atoms with Crippen molar-refractivity contribution in [2.45, 2.75) is 29.4 Å². The monoisotopic (exact) mass is 486 g/mol. The molecule has 2 atom stereocenters. The molecule has 0 spiro atoms. The van der Waals surface area contributed by atoms with Crippen LogP contribution in [0.25, 0.3) is 11.0 Å². The van der Waals surface area contributed by atoms with E-state index >= 15 is 4.39 Å². The summed E-state index contributed by atoms with van der Waals surface area (Å²) in [7, 11) is -2.33. The minimum Gasteiger partial charge on any atom is -0.480 e. The van der Waals surface area contributed by atoms with Gasteiger partial charge in [-0.25, -0.2) is 27.8 Å². The Morgan fingerprint density at radius 3 is 2.82 bits per heavy atom. The molecule has 1 saturated heterocycles. The maximum Gasteiger partial charge on any atom is 0.232 e. The number of benzene rings is 1. The molecular weight excluding hydrogens is 463 g/mol. The Labute approximate surface area is 195 Å². The van der Waals surface area contributed by atoms with Crippen molar-refractivity contribution in [1.29, 1.82) is 0 Å². The number of hydrogen-bond donors (Lipinski definition) is 2. The van der Waals surface area contributed by atoms with Crippen LogP contribution in [-0.2, 0) is 20.1 Å². The molecule has 0 amide bonds. The van der Waals surface area contributed by atoms with Gasteiger partial charge in [0.25, 0.3) is 0 Å². The molecule has 0 unspecified atom stereocenters. The Morgan fingerprint density at radius 2 is 2.06 bits per heavy atom. The van der Waals surface area contributed by atoms with Gasteiger partial charge in [-0.3, -0.25) is 4.99 Å². The number of nitrogens with one attached hydrogen (secondary N) is 1. The predicted molar refractivity (Wildman–Crippen MR) is 124 cm³/mol. The largest absolute Gasteiger partial charge is 0.480 e. The summed E-state index contributed by atoms with van der Waals surface area (Å²) in [6.45, 7) is 2.80. The van der Waals surface area contributed by atoms with E-state index in [1.807, 2.05) is 0 Å². The number of sulfone groups is 1. The van der Waals surface area contributed by atoms with E-state index in [1.165, 1.54) is 45.4 Å². The zero-order valence-corrected chi connectivity index (χ0v) is 19.6. The van der Waals surface area contributed by atoms with Crippen molar-refractivity contribution in [1.82, 2.24) is 15.0 Å². The first kappa shape index (κ1) is 22.4. The summed E-state index contributed by atoms with van der Waals surface area (Å²) in [5.41, 5.74) is 6.20. The van der Waals surface area contributed by atoms with Crippen LogP contribution in [0.1, 0.15) is 19.4 Å². The number of aliphatic imine (C=N–C) groups is 1. The second-order valence-electron chi connectivity index (χ2n) is 8.74. The van der Waals surface area contributed by atoms with Crippen LogP contribution >= 0.6 is 0 Å². The SMILES string of the molecule is COc1cnc2c(Nc3ccc(F)c([C@@]45COC[C@@H]4S(=O)(=O)C(C)(C)C(N)=N5)c3)nccc2n1. The Morgan fingerprint density at radius 1 is 1.26 bits per heavy atom. The molecule has 2 aliphatic rings. The highest BCUT2D eigenvalue weighted by Gasteiger charge is 2.62. The van der Waals surface area contributed by atoms with E-state index in [9.17, 15) is 8.42 Å². The number of rotatable bonds is 4. The van der Waals surface area contributed by atoms with Crippen LogP contribution < -0.4 is 15.8 Å². The average Bonchev–Trinajstić information content (AvgIpc) is 3.24. The fraction of sp³-hybridized carbons (Fsp3) is 0.364. The first-order valence-electron chi connectivity index (χ1n) is 10.5. The summed E-state index contributed by atoms with van der Waals surface area (Å²) >= 11 is 0. The van der Waals surface area contributed by atoms with Crippen LogP contribution in [0.4, 0.5) is 15.9 Å². The molecule has 3 aromatic rings. The summed E-state index contributed by atoms with van der Waals surface area (Å²) in [5, 5.41) is 2.06. The lowest BCUT2D eigenvalue weighted by molar-refractivity contribution is 0.178. The smallest absolute Gasteiger partial charge is 0.232 e. The molecule has 4 heterocycles. The van der Waals surface area contributed by atoms with Gasteiger partial charge in [-0.05, 0) is 38.1 Å². The van der Waals surface area contributed by atoms with Gasteiger partial charge in [0.05, 0.1) is 32.0 Å². The zero-order valence-electron chi connectivity index (χ0n) is 18.7. The van der Waals surface area contributed by atoms with E-state index in [0.29, 0.717) is 28.4 Å². The van der Waals surface area contributed by atoms with Crippen LogP contribution in [0, 0.1) is 5.82 Å². The van der Waals surface area contributed by atoms with Gasteiger partial charge in [0.1, 0.15) is 32.7 Å². The predicted octanol–water partition coefficient (Wildman–Crippen LogP) is 2.07. The van der Waals surface area contributed by atoms with Crippen molar-refractivity contribution in [2.75, 3.05) is 25.6 Å². The number of nitrogens with two attached hydrogens (primary N) is 1. The van der Waals surface area contributed by atoms with Crippen molar-refractivity contribution in [3.05, 3.63) is 48.0 Å². The van der Waals surface area contributed by atoms with Crippen molar-refractivity contribution >= 4 is 38.2 Å². The molecule has 12 heteroatoms. The molecule has 0 aliphatic carbocycles. The molecule has 1 fully saturated rings. The number of halogens is 1. The number of amidine groups is 1. The summed E-state index contributed by atoms with van der Waals surface area (Å²) in [4.78, 5) is 17.6. The number of methoxy groups -OCH3 is 1. The lowest BCUT2D eigenvalue weighted by Gasteiger charge is -2.41. The van der Waals surface area contributed by atoms with Crippen LogP contribution in [0.3, 0.4) is 0 Å². The highest BCUT2D eigenvalue weighted by Crippen LogP contribution is 2.47. The number of pyridine rings is 1. The maximum absolute atomic E-state index is 15.2. The molecule has 178 valence electrons. The lowest BCUT2D eigenvalue weighted by atomic mass is 9.87. The standard InChI is InChI=1S/C22H23FN6O4S/c1-21(2)20(24)29-22(11-33-10-16(22)34(21,30)31)13-8-12(4-5-14(13)23)27-19-18-15(6-7-25-19)28-17(32-3)9-26-18/h4-9,16H,10-11H2,1-3H3,(H2,24,29)(H,25,27)/t16-,22-/m0/s1. The van der Waals surface area contributed by atoms with Gasteiger partial charge in [0.2, 0.25) is 5.88 Å². The highest BCUT2D eigenvalue weighted by molar-refractivity contribution is 7.94. The zero-order chi connectivity index (χ0) is 24.3. The van der Waals surface area contributed by atoms with Gasteiger partial charge >= 0.3 is 0 Å². The van der Waals surface area contributed by atoms with Gasteiger partial charge in [-0.15, -0.1) is 0 Å². The third-order valence-electron chi connectivity index (χ3n) is 6.49. The quantitative estimate of drug-likeness (QED) is 0.567. The van der Waals surface area contributed by atoms with Gasteiger partial charge in [0, 0.05) is 17.4 Å². The summed E-state index contributed by atoms with van der Waals surface area (Å²) in [5.74, 6) is 0.0641. The Hall–Kier alpha value is -3.38. The topological polar surface area (TPSA) is 142 Å². The van der Waals surface area contributed by atoms with Crippen LogP contribution in [-0.4, -0.2) is 59.5 Å². The lowest BCUT2D eigenvalue weighted by Crippen LogP contribution is -2.60. The van der Waals surface area contributed by atoms with Gasteiger partial charge in [-0.1, -0.05) is 0 Å². The summed E-state index contributed by atoms with van der Waals surface area (Å²) in [6.07, 6.45) is 3.03. The normalized spacial score (nSPS) is 24.9. The molecule has 1 aromatic carbocycles. The molecule has 0 radical (unpaired) electrons. The first-order chi connectivity index (χ1) is 16.1. The Balaban J connectivity index is 1.61. The van der Waals surface area contributed by atoms with Crippen LogP contribution in [0.2, 0.25) is 0 Å². The number of hydrogen-bond acceptors (Lipinski definition) is 10. The summed E-state index contributed by atoms with van der Waals surface area (Å²) < 4.78 is 51.2. The Kier molecular flexibility index (Phi) is 4.99. The molecule has 2 aromatic heterocycles. The second kappa shape index (κ2) is 7.57. The maximum atomic E-state index is 15.2. The molecule has 34 heavy (non-hydrogen) atoms. The minimum atomic E-state index is -3.83. The average molecular weight is 487 g/mol. The van der Waals surface area contributed by atoms with Gasteiger partial charge < -0.3 is 20.5 Å². The van der Waals surface area contributed by atoms with Gasteiger partial charge in [-0.2, -0.15) is 0 Å². The molecule has 3 N–H and O–H groups in total. The second-order valence-corrected chi connectivity index (χ2v) is 11.4. The third-order valence-corrected chi connectivity index (χ3v) is 9.40. The number of fused-ring (bicyclic) bond motifs is 2. The van der Waals surface area contributed by atoms with Crippen molar-refractivity contribution < 1.29 is 22.3 Å². The van der Waals surface area contributed by atoms with Crippen LogP contribution in [0.15, 0.2) is 41.7 Å². The van der Waals surface area contributed by atoms with Crippen molar-refractivity contribution in [3.8, 4) is 5.88 Å². The summed E-state index contributed by atoms with van der Waals surface area (Å²) in [6, 6.07) is 5.97. The molecule has 2 aliphatic heterocycles.